The Bertz CT molecular complexity index is 888. The van der Waals surface area contributed by atoms with Crippen molar-refractivity contribution >= 4 is 10.2 Å². The van der Waals surface area contributed by atoms with Gasteiger partial charge in [0.1, 0.15) is 0 Å². The summed E-state index contributed by atoms with van der Waals surface area (Å²) in [7, 11) is -3.64. The average Bonchev–Trinajstić information content (AvgIpc) is 3.07. The molecular weight excluding hydrogens is 324 g/mol. The molecule has 0 amide bonds. The molecule has 1 fully saturated rings. The first-order chi connectivity index (χ1) is 11.3. The van der Waals surface area contributed by atoms with Crippen LogP contribution in [0.15, 0.2) is 36.8 Å². The van der Waals surface area contributed by atoms with Gasteiger partial charge in [-0.25, -0.2) is 10.1 Å². The molecular formula is C17H22N4O2S. The SMILES string of the molecule is CC1(C)CN(S(N)(=O)=O)CCC1C1c2ccccc2-c2cncn21. The van der Waals surface area contributed by atoms with E-state index in [1.54, 1.807) is 0 Å². The molecule has 0 aliphatic carbocycles. The minimum absolute atomic E-state index is 0.186. The van der Waals surface area contributed by atoms with Gasteiger partial charge in [0.2, 0.25) is 0 Å². The molecule has 6 nitrogen and oxygen atoms in total. The van der Waals surface area contributed by atoms with Crippen molar-refractivity contribution in [2.75, 3.05) is 13.1 Å². The second kappa shape index (κ2) is 5.15. The van der Waals surface area contributed by atoms with E-state index in [9.17, 15) is 8.42 Å². The van der Waals surface area contributed by atoms with Crippen LogP contribution in [0, 0.1) is 11.3 Å². The van der Waals surface area contributed by atoms with E-state index in [0.29, 0.717) is 19.0 Å². The number of hydrogen-bond acceptors (Lipinski definition) is 3. The lowest BCUT2D eigenvalue weighted by Crippen LogP contribution is -2.52. The highest BCUT2D eigenvalue weighted by Gasteiger charge is 2.46. The topological polar surface area (TPSA) is 81.2 Å². The third kappa shape index (κ3) is 2.30. The van der Waals surface area contributed by atoms with E-state index in [2.05, 4.69) is 41.6 Å². The van der Waals surface area contributed by atoms with Crippen LogP contribution in [-0.4, -0.2) is 35.4 Å². The summed E-state index contributed by atoms with van der Waals surface area (Å²) in [6, 6.07) is 8.62. The first-order valence-electron chi connectivity index (χ1n) is 8.18. The van der Waals surface area contributed by atoms with Gasteiger partial charge in [0, 0.05) is 18.7 Å². The molecule has 2 aliphatic heterocycles. The van der Waals surface area contributed by atoms with Gasteiger partial charge in [0.15, 0.2) is 0 Å². The fraction of sp³-hybridized carbons (Fsp3) is 0.471. The number of imidazole rings is 1. The molecule has 0 spiro atoms. The molecule has 1 aromatic heterocycles. The number of benzene rings is 1. The molecule has 128 valence electrons. The molecule has 4 rings (SSSR count). The summed E-state index contributed by atoms with van der Waals surface area (Å²) in [4.78, 5) is 4.33. The van der Waals surface area contributed by atoms with E-state index in [1.807, 2.05) is 18.6 Å². The van der Waals surface area contributed by atoms with Gasteiger partial charge >= 0.3 is 0 Å². The van der Waals surface area contributed by atoms with Gasteiger partial charge < -0.3 is 4.57 Å². The third-order valence-electron chi connectivity index (χ3n) is 5.54. The smallest absolute Gasteiger partial charge is 0.276 e. The van der Waals surface area contributed by atoms with Gasteiger partial charge in [-0.3, -0.25) is 0 Å². The second-order valence-electron chi connectivity index (χ2n) is 7.48. The van der Waals surface area contributed by atoms with Crippen LogP contribution in [0.1, 0.15) is 31.9 Å². The highest BCUT2D eigenvalue weighted by molar-refractivity contribution is 7.86. The quantitative estimate of drug-likeness (QED) is 0.903. The summed E-state index contributed by atoms with van der Waals surface area (Å²) < 4.78 is 27.1. The Morgan fingerprint density at radius 1 is 1.29 bits per heavy atom. The molecule has 3 heterocycles. The lowest BCUT2D eigenvalue weighted by Gasteiger charge is -2.46. The number of nitrogens with two attached hydrogens (primary N) is 1. The first kappa shape index (κ1) is 15.8. The normalized spacial score (nSPS) is 26.1. The van der Waals surface area contributed by atoms with Crippen molar-refractivity contribution in [1.29, 1.82) is 0 Å². The Hall–Kier alpha value is -1.70. The molecule has 7 heteroatoms. The molecule has 2 unspecified atom stereocenters. The Kier molecular flexibility index (Phi) is 3.39. The first-order valence-corrected chi connectivity index (χ1v) is 9.68. The van der Waals surface area contributed by atoms with Crippen LogP contribution in [0.3, 0.4) is 0 Å². The van der Waals surface area contributed by atoms with Crippen molar-refractivity contribution in [2.45, 2.75) is 26.3 Å². The van der Waals surface area contributed by atoms with E-state index in [0.717, 1.165) is 12.1 Å². The van der Waals surface area contributed by atoms with Crippen LogP contribution >= 0.6 is 0 Å². The summed E-state index contributed by atoms with van der Waals surface area (Å²) in [5.41, 5.74) is 3.48. The zero-order valence-corrected chi connectivity index (χ0v) is 14.7. The predicted molar refractivity (Wildman–Crippen MR) is 92.4 cm³/mol. The van der Waals surface area contributed by atoms with Crippen molar-refractivity contribution < 1.29 is 8.42 Å². The fourth-order valence-electron chi connectivity index (χ4n) is 4.41. The minimum Gasteiger partial charge on any atom is -0.323 e. The van der Waals surface area contributed by atoms with E-state index < -0.39 is 10.2 Å². The summed E-state index contributed by atoms with van der Waals surface area (Å²) in [5.74, 6) is 0.312. The van der Waals surface area contributed by atoms with E-state index in [1.165, 1.54) is 15.4 Å². The molecule has 2 aromatic rings. The van der Waals surface area contributed by atoms with Gasteiger partial charge in [0.25, 0.3) is 10.2 Å². The molecule has 1 aromatic carbocycles. The number of fused-ring (bicyclic) bond motifs is 3. The van der Waals surface area contributed by atoms with Gasteiger partial charge in [-0.05, 0) is 23.3 Å². The summed E-state index contributed by atoms with van der Waals surface area (Å²) >= 11 is 0. The standard InChI is InChI=1S/C17H22N4O2S/c1-17(2)10-20(24(18,22)23)8-7-14(17)16-13-6-4-3-5-12(13)15-9-19-11-21(15)16/h3-6,9,11,14,16H,7-8,10H2,1-2H3,(H2,18,22,23). The van der Waals surface area contributed by atoms with E-state index in [-0.39, 0.29) is 11.5 Å². The van der Waals surface area contributed by atoms with Crippen molar-refractivity contribution in [2.24, 2.45) is 16.5 Å². The number of aromatic nitrogens is 2. The monoisotopic (exact) mass is 346 g/mol. The second-order valence-corrected chi connectivity index (χ2v) is 9.03. The predicted octanol–water partition coefficient (Wildman–Crippen LogP) is 2.00. The molecule has 24 heavy (non-hydrogen) atoms. The Morgan fingerprint density at radius 2 is 2.04 bits per heavy atom. The molecule has 1 saturated heterocycles. The molecule has 2 N–H and O–H groups in total. The van der Waals surface area contributed by atoms with Crippen molar-refractivity contribution in [1.82, 2.24) is 13.9 Å². The number of hydrogen-bond donors (Lipinski definition) is 1. The Balaban J connectivity index is 1.75. The lowest BCUT2D eigenvalue weighted by molar-refractivity contribution is 0.0756. The number of rotatable bonds is 2. The van der Waals surface area contributed by atoms with Crippen molar-refractivity contribution in [3.63, 3.8) is 0 Å². The van der Waals surface area contributed by atoms with Crippen LogP contribution in [-0.2, 0) is 10.2 Å². The van der Waals surface area contributed by atoms with Crippen LogP contribution in [0.5, 0.6) is 0 Å². The summed E-state index contributed by atoms with van der Waals surface area (Å²) in [5, 5.41) is 5.35. The van der Waals surface area contributed by atoms with Gasteiger partial charge in [-0.1, -0.05) is 38.1 Å². The lowest BCUT2D eigenvalue weighted by atomic mass is 9.69. The van der Waals surface area contributed by atoms with Crippen molar-refractivity contribution in [3.05, 3.63) is 42.4 Å². The maximum atomic E-state index is 11.7. The zero-order chi connectivity index (χ0) is 17.1. The molecule has 2 aliphatic rings. The van der Waals surface area contributed by atoms with Crippen LogP contribution in [0.4, 0.5) is 0 Å². The number of piperidine rings is 1. The van der Waals surface area contributed by atoms with Crippen LogP contribution < -0.4 is 5.14 Å². The highest BCUT2D eigenvalue weighted by Crippen LogP contribution is 2.50. The van der Waals surface area contributed by atoms with Crippen LogP contribution in [0.25, 0.3) is 11.3 Å². The largest absolute Gasteiger partial charge is 0.323 e. The Labute approximate surface area is 142 Å². The summed E-state index contributed by atoms with van der Waals surface area (Å²) in [6.45, 7) is 5.17. The van der Waals surface area contributed by atoms with Gasteiger partial charge in [-0.15, -0.1) is 0 Å². The van der Waals surface area contributed by atoms with E-state index in [4.69, 9.17) is 5.14 Å². The molecule has 0 radical (unpaired) electrons. The molecule has 0 saturated carbocycles. The highest BCUT2D eigenvalue weighted by atomic mass is 32.2. The average molecular weight is 346 g/mol. The van der Waals surface area contributed by atoms with Crippen LogP contribution in [0.2, 0.25) is 0 Å². The molecule has 0 bridgehead atoms. The maximum Gasteiger partial charge on any atom is 0.276 e. The Morgan fingerprint density at radius 3 is 2.75 bits per heavy atom. The van der Waals surface area contributed by atoms with E-state index >= 15 is 0 Å². The molecule has 2 atom stereocenters. The van der Waals surface area contributed by atoms with Gasteiger partial charge in [0.05, 0.1) is 24.3 Å². The van der Waals surface area contributed by atoms with Crippen molar-refractivity contribution in [3.8, 4) is 11.3 Å². The number of nitrogens with zero attached hydrogens (tertiary/aromatic N) is 3. The maximum absolute atomic E-state index is 11.7. The fourth-order valence-corrected chi connectivity index (χ4v) is 5.28. The minimum atomic E-state index is -3.64. The van der Waals surface area contributed by atoms with Gasteiger partial charge in [-0.2, -0.15) is 12.7 Å². The zero-order valence-electron chi connectivity index (χ0n) is 13.9. The summed E-state index contributed by atoms with van der Waals surface area (Å²) in [6.07, 6.45) is 4.58. The third-order valence-corrected chi connectivity index (χ3v) is 6.57.